The fourth-order valence-corrected chi connectivity index (χ4v) is 4.19. The van der Waals surface area contributed by atoms with Crippen LogP contribution in [0.1, 0.15) is 16.1 Å². The van der Waals surface area contributed by atoms with Crippen LogP contribution < -0.4 is 4.74 Å². The Morgan fingerprint density at radius 3 is 2.85 bits per heavy atom. The van der Waals surface area contributed by atoms with Gasteiger partial charge in [0.2, 0.25) is 11.0 Å². The molecule has 3 aromatic heterocycles. The largest absolute Gasteiger partial charge is 0.475 e. The lowest BCUT2D eigenvalue weighted by Gasteiger charge is -2.33. The predicted molar refractivity (Wildman–Crippen MR) is 124 cm³/mol. The number of carbonyl (C=O) groups is 1. The lowest BCUT2D eigenvalue weighted by atomic mass is 10.1. The molecule has 0 spiro atoms. The van der Waals surface area contributed by atoms with Crippen molar-refractivity contribution in [2.75, 3.05) is 32.6 Å². The minimum atomic E-state index is -0.256. The standard InChI is InChI=1S/C23H24N6O3S/c1-16-13-20(29-22(24-16)25-23(26-29)33-2)32-15-17-14-28(11-12-31-17)21(30)18-7-3-4-8-19(18)27-9-5-6-10-27/h3-10,13,17H,11-12,14-15H2,1-2H3. The molecular weight excluding hydrogens is 440 g/mol. The number of amides is 1. The molecular formula is C23H24N6O3S. The molecule has 4 heterocycles. The molecule has 0 aliphatic carbocycles. The Balaban J connectivity index is 1.30. The number of hydrogen-bond acceptors (Lipinski definition) is 7. The summed E-state index contributed by atoms with van der Waals surface area (Å²) >= 11 is 1.45. The number of nitrogens with zero attached hydrogens (tertiary/aromatic N) is 6. The Hall–Kier alpha value is -3.37. The molecule has 0 radical (unpaired) electrons. The zero-order valence-corrected chi connectivity index (χ0v) is 19.2. The van der Waals surface area contributed by atoms with Crippen LogP contribution in [0.2, 0.25) is 0 Å². The van der Waals surface area contributed by atoms with Gasteiger partial charge in [0.1, 0.15) is 12.7 Å². The van der Waals surface area contributed by atoms with E-state index in [4.69, 9.17) is 9.47 Å². The highest BCUT2D eigenvalue weighted by molar-refractivity contribution is 7.98. The number of morpholine rings is 1. The van der Waals surface area contributed by atoms with Crippen molar-refractivity contribution in [2.24, 2.45) is 0 Å². The minimum Gasteiger partial charge on any atom is -0.475 e. The van der Waals surface area contributed by atoms with Gasteiger partial charge < -0.3 is 18.9 Å². The van der Waals surface area contributed by atoms with Crippen LogP contribution in [-0.2, 0) is 4.74 Å². The fourth-order valence-electron chi connectivity index (χ4n) is 3.85. The summed E-state index contributed by atoms with van der Waals surface area (Å²) in [5, 5.41) is 5.06. The zero-order chi connectivity index (χ0) is 22.8. The third-order valence-corrected chi connectivity index (χ3v) is 5.97. The van der Waals surface area contributed by atoms with Crippen molar-refractivity contribution >= 4 is 23.4 Å². The first-order chi connectivity index (χ1) is 16.1. The van der Waals surface area contributed by atoms with Crippen LogP contribution in [-0.4, -0.2) is 73.6 Å². The number of carbonyl (C=O) groups excluding carboxylic acids is 1. The highest BCUT2D eigenvalue weighted by Crippen LogP contribution is 2.20. The first-order valence-electron chi connectivity index (χ1n) is 10.7. The molecule has 170 valence electrons. The molecule has 1 aromatic carbocycles. The second-order valence-electron chi connectivity index (χ2n) is 7.71. The lowest BCUT2D eigenvalue weighted by Crippen LogP contribution is -2.47. The molecule has 1 amide bonds. The van der Waals surface area contributed by atoms with E-state index in [1.165, 1.54) is 11.8 Å². The van der Waals surface area contributed by atoms with E-state index in [1.54, 1.807) is 4.52 Å². The first-order valence-corrected chi connectivity index (χ1v) is 11.9. The Bertz CT molecular complexity index is 1270. The monoisotopic (exact) mass is 464 g/mol. The summed E-state index contributed by atoms with van der Waals surface area (Å²) in [6.07, 6.45) is 5.53. The first kappa shape index (κ1) is 21.5. The molecule has 0 N–H and O–H groups in total. The molecule has 1 aliphatic heterocycles. The number of fused-ring (bicyclic) bond motifs is 1. The molecule has 1 saturated heterocycles. The Kier molecular flexibility index (Phi) is 6.01. The summed E-state index contributed by atoms with van der Waals surface area (Å²) in [5.41, 5.74) is 2.31. The van der Waals surface area contributed by atoms with E-state index in [2.05, 4.69) is 15.1 Å². The SMILES string of the molecule is CSc1nc2nc(C)cc(OCC3CN(C(=O)c4ccccc4-n4cccc4)CCO3)n2n1. The smallest absolute Gasteiger partial charge is 0.256 e. The van der Waals surface area contributed by atoms with Crippen LogP contribution in [0.25, 0.3) is 11.5 Å². The van der Waals surface area contributed by atoms with Crippen molar-refractivity contribution in [1.29, 1.82) is 0 Å². The average Bonchev–Trinajstić information content (AvgIpc) is 3.52. The van der Waals surface area contributed by atoms with E-state index in [9.17, 15) is 4.79 Å². The van der Waals surface area contributed by atoms with Gasteiger partial charge in [0, 0.05) is 30.7 Å². The quantitative estimate of drug-likeness (QED) is 0.406. The number of rotatable bonds is 6. The topological polar surface area (TPSA) is 86.8 Å². The Labute approximate surface area is 195 Å². The number of ether oxygens (including phenoxy) is 2. The molecule has 1 aliphatic rings. The van der Waals surface area contributed by atoms with Crippen LogP contribution in [0.4, 0.5) is 0 Å². The maximum atomic E-state index is 13.4. The molecule has 0 saturated carbocycles. The summed E-state index contributed by atoms with van der Waals surface area (Å²) < 4.78 is 15.5. The number of hydrogen-bond donors (Lipinski definition) is 0. The van der Waals surface area contributed by atoms with Crippen LogP contribution in [0.3, 0.4) is 0 Å². The van der Waals surface area contributed by atoms with E-state index in [-0.39, 0.29) is 18.6 Å². The van der Waals surface area contributed by atoms with E-state index in [0.717, 1.165) is 11.4 Å². The molecule has 33 heavy (non-hydrogen) atoms. The van der Waals surface area contributed by atoms with Crippen molar-refractivity contribution in [3.8, 4) is 11.6 Å². The van der Waals surface area contributed by atoms with Crippen molar-refractivity contribution in [1.82, 2.24) is 29.0 Å². The Morgan fingerprint density at radius 2 is 2.03 bits per heavy atom. The summed E-state index contributed by atoms with van der Waals surface area (Å²) in [6.45, 7) is 3.61. The van der Waals surface area contributed by atoms with Gasteiger partial charge in [0.05, 0.1) is 24.4 Å². The van der Waals surface area contributed by atoms with Gasteiger partial charge in [-0.2, -0.15) is 9.50 Å². The molecule has 0 bridgehead atoms. The predicted octanol–water partition coefficient (Wildman–Crippen LogP) is 2.87. The van der Waals surface area contributed by atoms with Gasteiger partial charge in [0.15, 0.2) is 0 Å². The van der Waals surface area contributed by atoms with Crippen molar-refractivity contribution < 1.29 is 14.3 Å². The minimum absolute atomic E-state index is 0.0179. The zero-order valence-electron chi connectivity index (χ0n) is 18.4. The molecule has 10 heteroatoms. The maximum Gasteiger partial charge on any atom is 0.256 e. The van der Waals surface area contributed by atoms with Gasteiger partial charge in [-0.05, 0) is 37.4 Å². The number of para-hydroxylation sites is 1. The van der Waals surface area contributed by atoms with E-state index >= 15 is 0 Å². The summed E-state index contributed by atoms with van der Waals surface area (Å²) in [6, 6.07) is 13.3. The fraction of sp³-hybridized carbons (Fsp3) is 0.304. The van der Waals surface area contributed by atoms with Gasteiger partial charge in [-0.1, -0.05) is 23.9 Å². The summed E-state index contributed by atoms with van der Waals surface area (Å²) in [5.74, 6) is 1.03. The molecule has 1 fully saturated rings. The number of aryl methyl sites for hydroxylation is 1. The number of thioether (sulfide) groups is 1. The molecule has 5 rings (SSSR count). The second kappa shape index (κ2) is 9.24. The Morgan fingerprint density at radius 1 is 1.21 bits per heavy atom. The second-order valence-corrected chi connectivity index (χ2v) is 8.48. The van der Waals surface area contributed by atoms with Crippen LogP contribution in [0.5, 0.6) is 5.88 Å². The van der Waals surface area contributed by atoms with Gasteiger partial charge >= 0.3 is 0 Å². The number of benzene rings is 1. The van der Waals surface area contributed by atoms with Crippen molar-refractivity contribution in [2.45, 2.75) is 18.2 Å². The molecule has 9 nitrogen and oxygen atoms in total. The highest BCUT2D eigenvalue weighted by Gasteiger charge is 2.27. The van der Waals surface area contributed by atoms with E-state index < -0.39 is 0 Å². The molecule has 1 unspecified atom stereocenters. The third kappa shape index (κ3) is 4.44. The van der Waals surface area contributed by atoms with Gasteiger partial charge in [-0.3, -0.25) is 4.79 Å². The van der Waals surface area contributed by atoms with Crippen LogP contribution >= 0.6 is 11.8 Å². The van der Waals surface area contributed by atoms with E-state index in [1.807, 2.05) is 77.5 Å². The molecule has 1 atom stereocenters. The van der Waals surface area contributed by atoms with Crippen molar-refractivity contribution in [3.63, 3.8) is 0 Å². The van der Waals surface area contributed by atoms with Crippen LogP contribution in [0, 0.1) is 6.92 Å². The normalized spacial score (nSPS) is 16.3. The lowest BCUT2D eigenvalue weighted by molar-refractivity contribution is -0.0410. The average molecular weight is 465 g/mol. The molecule has 4 aromatic rings. The summed E-state index contributed by atoms with van der Waals surface area (Å²) in [7, 11) is 0. The van der Waals surface area contributed by atoms with E-state index in [0.29, 0.717) is 42.1 Å². The van der Waals surface area contributed by atoms with Gasteiger partial charge in [-0.15, -0.1) is 5.10 Å². The van der Waals surface area contributed by atoms with Gasteiger partial charge in [0.25, 0.3) is 11.7 Å². The van der Waals surface area contributed by atoms with Crippen molar-refractivity contribution in [3.05, 3.63) is 66.1 Å². The maximum absolute atomic E-state index is 13.4. The van der Waals surface area contributed by atoms with Crippen LogP contribution in [0.15, 0.2) is 60.0 Å². The third-order valence-electron chi connectivity index (χ3n) is 5.43. The summed E-state index contributed by atoms with van der Waals surface area (Å²) in [4.78, 5) is 24.0. The highest BCUT2D eigenvalue weighted by atomic mass is 32.2. The number of aromatic nitrogens is 5. The van der Waals surface area contributed by atoms with Gasteiger partial charge in [-0.25, -0.2) is 4.98 Å².